The molecule has 1 fully saturated rings. The van der Waals surface area contributed by atoms with Crippen LogP contribution in [0.15, 0.2) is 24.3 Å². The number of aryl methyl sites for hydroxylation is 1. The fraction of sp³-hybridized carbons (Fsp3) is 0.417. The summed E-state index contributed by atoms with van der Waals surface area (Å²) in [4.78, 5) is 8.83. The van der Waals surface area contributed by atoms with E-state index >= 15 is 0 Å². The molecule has 0 unspecified atom stereocenters. The molecule has 0 amide bonds. The van der Waals surface area contributed by atoms with Crippen molar-refractivity contribution in [2.45, 2.75) is 44.5 Å². The molecule has 0 bridgehead atoms. The normalized spacial score (nSPS) is 15.7. The average Bonchev–Trinajstić information content (AvgIpc) is 3.58. The number of halogens is 4. The lowest BCUT2D eigenvalue weighted by molar-refractivity contribution is -0.140. The third-order valence-corrected chi connectivity index (χ3v) is 6.07. The van der Waals surface area contributed by atoms with E-state index in [0.29, 0.717) is 46.7 Å². The number of nitrogen functional groups attached to an aromatic ring is 1. The van der Waals surface area contributed by atoms with Crippen LogP contribution >= 0.6 is 0 Å². The van der Waals surface area contributed by atoms with Crippen molar-refractivity contribution in [3.63, 3.8) is 0 Å². The first-order valence-corrected chi connectivity index (χ1v) is 10.9. The molecule has 1 heterocycles. The highest BCUT2D eigenvalue weighted by Crippen LogP contribution is 2.42. The molecule has 1 aliphatic carbocycles. The van der Waals surface area contributed by atoms with E-state index in [9.17, 15) is 17.6 Å². The lowest BCUT2D eigenvalue weighted by Gasteiger charge is -2.21. The second-order valence-electron chi connectivity index (χ2n) is 8.65. The second-order valence-corrected chi connectivity index (χ2v) is 8.65. The van der Waals surface area contributed by atoms with Crippen LogP contribution in [0.3, 0.4) is 0 Å². The van der Waals surface area contributed by atoms with Gasteiger partial charge in [-0.2, -0.15) is 13.2 Å². The Hall–Kier alpha value is -3.34. The predicted octanol–water partition coefficient (Wildman–Crippen LogP) is 5.42. The molecule has 0 spiro atoms. The van der Waals surface area contributed by atoms with Crippen molar-refractivity contribution < 1.29 is 31.8 Å². The Morgan fingerprint density at radius 3 is 2.43 bits per heavy atom. The summed E-state index contributed by atoms with van der Waals surface area (Å²) in [6, 6.07) is 4.23. The number of anilines is 2. The minimum atomic E-state index is -4.88. The molecule has 188 valence electrons. The van der Waals surface area contributed by atoms with E-state index in [-0.39, 0.29) is 16.9 Å². The van der Waals surface area contributed by atoms with Crippen molar-refractivity contribution in [1.29, 1.82) is 0 Å². The van der Waals surface area contributed by atoms with Gasteiger partial charge in [0.15, 0.2) is 11.5 Å². The first-order chi connectivity index (χ1) is 16.5. The summed E-state index contributed by atoms with van der Waals surface area (Å²) in [5, 5.41) is 3.54. The molecule has 0 aliphatic heterocycles. The van der Waals surface area contributed by atoms with Gasteiger partial charge in [-0.25, -0.2) is 14.4 Å². The quantitative estimate of drug-likeness (QED) is 0.319. The van der Waals surface area contributed by atoms with Gasteiger partial charge in [-0.15, -0.1) is 0 Å². The molecule has 11 heteroatoms. The number of fused-ring (bicyclic) bond motifs is 1. The lowest BCUT2D eigenvalue weighted by Crippen LogP contribution is -2.21. The predicted molar refractivity (Wildman–Crippen MR) is 123 cm³/mol. The maximum atomic E-state index is 14.8. The van der Waals surface area contributed by atoms with Gasteiger partial charge >= 0.3 is 6.18 Å². The average molecular weight is 494 g/mol. The number of nitrogens with zero attached hydrogens (tertiary/aromatic N) is 2. The van der Waals surface area contributed by atoms with Gasteiger partial charge < -0.3 is 25.3 Å². The van der Waals surface area contributed by atoms with E-state index in [1.54, 1.807) is 26.2 Å². The third-order valence-electron chi connectivity index (χ3n) is 6.07. The molecular formula is C24H26F4N4O3. The number of ether oxygens (including phenoxy) is 3. The summed E-state index contributed by atoms with van der Waals surface area (Å²) >= 11 is 0. The molecule has 3 aromatic rings. The van der Waals surface area contributed by atoms with Crippen molar-refractivity contribution in [2.75, 3.05) is 31.9 Å². The Labute approximate surface area is 199 Å². The summed E-state index contributed by atoms with van der Waals surface area (Å²) in [7, 11) is 3.14. The number of rotatable bonds is 8. The largest absolute Gasteiger partial charge is 0.493 e. The Balaban J connectivity index is 1.72. The summed E-state index contributed by atoms with van der Waals surface area (Å²) in [6.07, 6.45) is -3.11. The minimum Gasteiger partial charge on any atom is -0.493 e. The third kappa shape index (κ3) is 5.04. The van der Waals surface area contributed by atoms with Gasteiger partial charge in [-0.3, -0.25) is 0 Å². The standard InChI is InChI=1S/C24H26F4N4O3/c1-12(15-7-14(29)8-17(21(15)25)24(26,27)28)30-22-16-9-20(35-11-23(34-4)5-6-23)19(33-3)10-18(16)31-13(2)32-22/h7-10,12H,5-6,11,29H2,1-4H3,(H,30,31,32)/t12-/m1/s1. The molecule has 1 aliphatic rings. The van der Waals surface area contributed by atoms with Crippen LogP contribution in [0.1, 0.15) is 42.8 Å². The van der Waals surface area contributed by atoms with E-state index in [0.717, 1.165) is 12.8 Å². The van der Waals surface area contributed by atoms with Gasteiger partial charge in [0.1, 0.15) is 29.7 Å². The van der Waals surface area contributed by atoms with Crippen LogP contribution < -0.4 is 20.5 Å². The number of nitrogens with two attached hydrogens (primary N) is 1. The number of aromatic nitrogens is 2. The molecule has 0 radical (unpaired) electrons. The lowest BCUT2D eigenvalue weighted by atomic mass is 10.0. The zero-order valence-electron chi connectivity index (χ0n) is 19.7. The smallest absolute Gasteiger partial charge is 0.419 e. The zero-order chi connectivity index (χ0) is 25.5. The SMILES string of the molecule is COc1cc2nc(C)nc(N[C@H](C)c3cc(N)cc(C(F)(F)F)c3F)c2cc1OCC1(OC)CC1. The molecule has 1 aromatic heterocycles. The summed E-state index contributed by atoms with van der Waals surface area (Å²) < 4.78 is 71.6. The minimum absolute atomic E-state index is 0.196. The maximum Gasteiger partial charge on any atom is 0.419 e. The number of methoxy groups -OCH3 is 2. The van der Waals surface area contributed by atoms with Gasteiger partial charge in [0.25, 0.3) is 0 Å². The van der Waals surface area contributed by atoms with Crippen molar-refractivity contribution >= 4 is 22.4 Å². The van der Waals surface area contributed by atoms with Crippen LogP contribution in [-0.4, -0.2) is 36.4 Å². The molecule has 0 saturated heterocycles. The Kier molecular flexibility index (Phi) is 6.39. The van der Waals surface area contributed by atoms with Crippen LogP contribution in [-0.2, 0) is 10.9 Å². The van der Waals surface area contributed by atoms with Gasteiger partial charge in [-0.05, 0) is 44.9 Å². The second kappa shape index (κ2) is 9.03. The fourth-order valence-corrected chi connectivity index (χ4v) is 3.87. The topological polar surface area (TPSA) is 91.5 Å². The number of benzene rings is 2. The molecule has 4 rings (SSSR count). The number of nitrogens with one attached hydrogen (secondary N) is 1. The monoisotopic (exact) mass is 494 g/mol. The van der Waals surface area contributed by atoms with Gasteiger partial charge in [0.2, 0.25) is 0 Å². The van der Waals surface area contributed by atoms with Crippen LogP contribution in [0.25, 0.3) is 10.9 Å². The van der Waals surface area contributed by atoms with Crippen LogP contribution in [0.4, 0.5) is 29.1 Å². The molecule has 1 saturated carbocycles. The van der Waals surface area contributed by atoms with E-state index in [1.165, 1.54) is 20.1 Å². The van der Waals surface area contributed by atoms with Crippen molar-refractivity contribution in [3.05, 3.63) is 47.0 Å². The first-order valence-electron chi connectivity index (χ1n) is 10.9. The molecule has 35 heavy (non-hydrogen) atoms. The number of hydrogen-bond acceptors (Lipinski definition) is 7. The van der Waals surface area contributed by atoms with Crippen molar-refractivity contribution in [3.8, 4) is 11.5 Å². The summed E-state index contributed by atoms with van der Waals surface area (Å²) in [5.74, 6) is 0.208. The zero-order valence-corrected chi connectivity index (χ0v) is 19.7. The van der Waals surface area contributed by atoms with Crippen LogP contribution in [0.5, 0.6) is 11.5 Å². The molecule has 7 nitrogen and oxygen atoms in total. The molecule has 2 aromatic carbocycles. The molecule has 1 atom stereocenters. The number of hydrogen-bond donors (Lipinski definition) is 2. The highest BCUT2D eigenvalue weighted by Gasteiger charge is 2.44. The Morgan fingerprint density at radius 1 is 1.11 bits per heavy atom. The van der Waals surface area contributed by atoms with E-state index in [2.05, 4.69) is 15.3 Å². The van der Waals surface area contributed by atoms with Crippen molar-refractivity contribution in [1.82, 2.24) is 9.97 Å². The van der Waals surface area contributed by atoms with Crippen LogP contribution in [0, 0.1) is 12.7 Å². The van der Waals surface area contributed by atoms with Gasteiger partial charge in [0.05, 0.1) is 24.2 Å². The highest BCUT2D eigenvalue weighted by molar-refractivity contribution is 5.92. The summed E-state index contributed by atoms with van der Waals surface area (Å²) in [5.41, 5.74) is 4.00. The van der Waals surface area contributed by atoms with Crippen molar-refractivity contribution in [2.24, 2.45) is 0 Å². The van der Waals surface area contributed by atoms with Crippen LogP contribution in [0.2, 0.25) is 0 Å². The van der Waals surface area contributed by atoms with E-state index < -0.39 is 23.6 Å². The molecular weight excluding hydrogens is 468 g/mol. The van der Waals surface area contributed by atoms with Gasteiger partial charge in [0, 0.05) is 29.8 Å². The van der Waals surface area contributed by atoms with E-state index in [1.807, 2.05) is 0 Å². The maximum absolute atomic E-state index is 14.8. The highest BCUT2D eigenvalue weighted by atomic mass is 19.4. The Morgan fingerprint density at radius 2 is 1.83 bits per heavy atom. The first kappa shape index (κ1) is 24.8. The number of alkyl halides is 3. The summed E-state index contributed by atoms with van der Waals surface area (Å²) in [6.45, 7) is 3.52. The fourth-order valence-electron chi connectivity index (χ4n) is 3.87. The Bertz CT molecular complexity index is 1260. The van der Waals surface area contributed by atoms with Gasteiger partial charge in [-0.1, -0.05) is 0 Å². The molecule has 3 N–H and O–H groups in total. The van der Waals surface area contributed by atoms with E-state index in [4.69, 9.17) is 19.9 Å².